The zero-order valence-electron chi connectivity index (χ0n) is 10.7. The molecule has 110 valence electrons. The molecule has 0 spiro atoms. The molecule has 1 aliphatic rings. The Morgan fingerprint density at radius 3 is 2.60 bits per heavy atom. The zero-order valence-corrected chi connectivity index (χ0v) is 11.5. The molecule has 0 aromatic heterocycles. The minimum absolute atomic E-state index is 0.201. The summed E-state index contributed by atoms with van der Waals surface area (Å²) in [6.07, 6.45) is 1.13. The molecule has 0 aliphatic carbocycles. The van der Waals surface area contributed by atoms with Gasteiger partial charge in [0.05, 0.1) is 10.5 Å². The number of sulfonamides is 1. The molecule has 0 amide bonds. The van der Waals surface area contributed by atoms with Gasteiger partial charge >= 0.3 is 5.97 Å². The van der Waals surface area contributed by atoms with Crippen molar-refractivity contribution in [3.63, 3.8) is 0 Å². The lowest BCUT2D eigenvalue weighted by molar-refractivity contribution is 0.0692. The number of carbonyl (C=O) groups is 1. The first-order valence-corrected chi connectivity index (χ1v) is 7.61. The molecule has 0 atom stereocenters. The Kier molecular flexibility index (Phi) is 4.26. The Labute approximate surface area is 116 Å². The first-order chi connectivity index (χ1) is 9.40. The van der Waals surface area contributed by atoms with Crippen molar-refractivity contribution in [2.75, 3.05) is 18.9 Å². The van der Waals surface area contributed by atoms with E-state index in [1.54, 1.807) is 0 Å². The standard InChI is InChI=1S/C12H16N2O5S/c13-8-1-2-11(10(7-8)12(15)16)20(17,18)14-9-3-5-19-6-4-9/h1-2,7,9,14H,3-6,13H2,(H,15,16). The highest BCUT2D eigenvalue weighted by molar-refractivity contribution is 7.89. The Morgan fingerprint density at radius 1 is 1.35 bits per heavy atom. The summed E-state index contributed by atoms with van der Waals surface area (Å²) in [5.74, 6) is -1.33. The van der Waals surface area contributed by atoms with E-state index in [-0.39, 0.29) is 22.2 Å². The number of hydrogen-bond donors (Lipinski definition) is 3. The normalized spacial score (nSPS) is 17.0. The van der Waals surface area contributed by atoms with Crippen LogP contribution >= 0.6 is 0 Å². The molecule has 1 aliphatic heterocycles. The van der Waals surface area contributed by atoms with Crippen LogP contribution in [0.2, 0.25) is 0 Å². The van der Waals surface area contributed by atoms with Crippen LogP contribution in [0.25, 0.3) is 0 Å². The number of ether oxygens (including phenoxy) is 1. The van der Waals surface area contributed by atoms with Crippen LogP contribution in [0.5, 0.6) is 0 Å². The third-order valence-corrected chi connectivity index (χ3v) is 4.65. The van der Waals surface area contributed by atoms with Gasteiger partial charge in [-0.25, -0.2) is 17.9 Å². The summed E-state index contributed by atoms with van der Waals surface area (Å²) in [4.78, 5) is 10.9. The highest BCUT2D eigenvalue weighted by Crippen LogP contribution is 2.20. The van der Waals surface area contributed by atoms with Crippen molar-refractivity contribution in [2.24, 2.45) is 0 Å². The summed E-state index contributed by atoms with van der Waals surface area (Å²) < 4.78 is 32.2. The molecule has 1 aromatic rings. The van der Waals surface area contributed by atoms with Crippen molar-refractivity contribution < 1.29 is 23.1 Å². The van der Waals surface area contributed by atoms with Crippen LogP contribution in [0.15, 0.2) is 23.1 Å². The van der Waals surface area contributed by atoms with E-state index in [2.05, 4.69) is 4.72 Å². The fourth-order valence-electron chi connectivity index (χ4n) is 2.05. The van der Waals surface area contributed by atoms with Gasteiger partial charge in [-0.05, 0) is 31.0 Å². The number of carboxylic acids is 1. The summed E-state index contributed by atoms with van der Waals surface area (Å²) >= 11 is 0. The molecule has 1 heterocycles. The quantitative estimate of drug-likeness (QED) is 0.694. The van der Waals surface area contributed by atoms with Crippen LogP contribution < -0.4 is 10.5 Å². The molecule has 0 unspecified atom stereocenters. The number of hydrogen-bond acceptors (Lipinski definition) is 5. The Hall–Kier alpha value is -1.64. The second-order valence-electron chi connectivity index (χ2n) is 4.57. The van der Waals surface area contributed by atoms with E-state index in [0.717, 1.165) is 6.07 Å². The minimum Gasteiger partial charge on any atom is -0.478 e. The molecule has 0 radical (unpaired) electrons. The van der Waals surface area contributed by atoms with Gasteiger partial charge in [0.25, 0.3) is 0 Å². The first kappa shape index (κ1) is 14.8. The highest BCUT2D eigenvalue weighted by Gasteiger charge is 2.26. The van der Waals surface area contributed by atoms with Crippen LogP contribution in [0, 0.1) is 0 Å². The lowest BCUT2D eigenvalue weighted by Crippen LogP contribution is -2.39. The van der Waals surface area contributed by atoms with Crippen molar-refractivity contribution in [3.05, 3.63) is 23.8 Å². The molecule has 1 aromatic carbocycles. The van der Waals surface area contributed by atoms with Gasteiger partial charge in [-0.1, -0.05) is 0 Å². The van der Waals surface area contributed by atoms with E-state index < -0.39 is 16.0 Å². The van der Waals surface area contributed by atoms with Crippen LogP contribution in [0.1, 0.15) is 23.2 Å². The summed E-state index contributed by atoms with van der Waals surface area (Å²) in [6.45, 7) is 0.974. The number of aromatic carboxylic acids is 1. The van der Waals surface area contributed by atoms with E-state index in [9.17, 15) is 13.2 Å². The average molecular weight is 300 g/mol. The molecule has 20 heavy (non-hydrogen) atoms. The van der Waals surface area contributed by atoms with Crippen molar-refractivity contribution in [3.8, 4) is 0 Å². The molecule has 0 saturated carbocycles. The second-order valence-corrected chi connectivity index (χ2v) is 6.25. The number of nitrogens with two attached hydrogens (primary N) is 1. The molecule has 0 bridgehead atoms. The largest absolute Gasteiger partial charge is 0.478 e. The number of carboxylic acid groups (broad SMARTS) is 1. The molecule has 1 fully saturated rings. The Morgan fingerprint density at radius 2 is 2.00 bits per heavy atom. The average Bonchev–Trinajstić information content (AvgIpc) is 2.38. The smallest absolute Gasteiger partial charge is 0.337 e. The highest BCUT2D eigenvalue weighted by atomic mass is 32.2. The van der Waals surface area contributed by atoms with Gasteiger partial charge in [0.15, 0.2) is 0 Å². The van der Waals surface area contributed by atoms with Gasteiger partial charge in [-0.3, -0.25) is 0 Å². The fourth-order valence-corrected chi connectivity index (χ4v) is 3.53. The summed E-state index contributed by atoms with van der Waals surface area (Å²) in [6, 6.07) is 3.47. The van der Waals surface area contributed by atoms with E-state index in [1.807, 2.05) is 0 Å². The Bertz CT molecular complexity index is 608. The third kappa shape index (κ3) is 3.27. The molecular weight excluding hydrogens is 284 g/mol. The molecular formula is C12H16N2O5S. The lowest BCUT2D eigenvalue weighted by atomic mass is 10.1. The number of benzene rings is 1. The monoisotopic (exact) mass is 300 g/mol. The summed E-state index contributed by atoms with van der Waals surface area (Å²) in [5, 5.41) is 9.09. The molecule has 8 heteroatoms. The van der Waals surface area contributed by atoms with Crippen molar-refractivity contribution >= 4 is 21.7 Å². The van der Waals surface area contributed by atoms with Crippen LogP contribution in [-0.4, -0.2) is 38.7 Å². The fraction of sp³-hybridized carbons (Fsp3) is 0.417. The van der Waals surface area contributed by atoms with Gasteiger partial charge in [0.2, 0.25) is 10.0 Å². The first-order valence-electron chi connectivity index (χ1n) is 6.13. The zero-order chi connectivity index (χ0) is 14.8. The van der Waals surface area contributed by atoms with Crippen molar-refractivity contribution in [1.29, 1.82) is 0 Å². The third-order valence-electron chi connectivity index (χ3n) is 3.07. The maximum atomic E-state index is 12.3. The van der Waals surface area contributed by atoms with E-state index in [4.69, 9.17) is 15.6 Å². The van der Waals surface area contributed by atoms with E-state index >= 15 is 0 Å². The topological polar surface area (TPSA) is 119 Å². The predicted molar refractivity (Wildman–Crippen MR) is 72.0 cm³/mol. The van der Waals surface area contributed by atoms with Gasteiger partial charge in [-0.15, -0.1) is 0 Å². The van der Waals surface area contributed by atoms with Gasteiger partial charge in [-0.2, -0.15) is 0 Å². The van der Waals surface area contributed by atoms with Crippen LogP contribution in [0.3, 0.4) is 0 Å². The molecule has 7 nitrogen and oxygen atoms in total. The summed E-state index contributed by atoms with van der Waals surface area (Å²) in [5.41, 5.74) is 5.37. The van der Waals surface area contributed by atoms with Gasteiger partial charge in [0, 0.05) is 24.9 Å². The predicted octanol–water partition coefficient (Wildman–Crippen LogP) is 0.424. The molecule has 2 rings (SSSR count). The lowest BCUT2D eigenvalue weighted by Gasteiger charge is -2.23. The van der Waals surface area contributed by atoms with E-state index in [1.165, 1.54) is 12.1 Å². The number of anilines is 1. The maximum Gasteiger partial charge on any atom is 0.337 e. The van der Waals surface area contributed by atoms with E-state index in [0.29, 0.717) is 26.1 Å². The SMILES string of the molecule is Nc1ccc(S(=O)(=O)NC2CCOCC2)c(C(=O)O)c1. The number of nitrogen functional groups attached to an aromatic ring is 1. The number of nitrogens with one attached hydrogen (secondary N) is 1. The van der Waals surface area contributed by atoms with Gasteiger partial charge < -0.3 is 15.6 Å². The number of rotatable bonds is 4. The second kappa shape index (κ2) is 5.78. The molecule has 4 N–H and O–H groups in total. The Balaban J connectivity index is 2.31. The van der Waals surface area contributed by atoms with Gasteiger partial charge in [0.1, 0.15) is 0 Å². The van der Waals surface area contributed by atoms with Crippen LogP contribution in [0.4, 0.5) is 5.69 Å². The maximum absolute atomic E-state index is 12.3. The van der Waals surface area contributed by atoms with Crippen LogP contribution in [-0.2, 0) is 14.8 Å². The minimum atomic E-state index is -3.89. The summed E-state index contributed by atoms with van der Waals surface area (Å²) in [7, 11) is -3.89. The van der Waals surface area contributed by atoms with Crippen molar-refractivity contribution in [1.82, 2.24) is 4.72 Å². The molecule has 1 saturated heterocycles. The van der Waals surface area contributed by atoms with Crippen molar-refractivity contribution in [2.45, 2.75) is 23.8 Å².